The van der Waals surface area contributed by atoms with E-state index in [1.165, 1.54) is 11.1 Å². The highest BCUT2D eigenvalue weighted by molar-refractivity contribution is 5.78. The molecule has 2 aromatic carbocycles. The molecule has 0 saturated heterocycles. The van der Waals surface area contributed by atoms with Gasteiger partial charge in [-0.15, -0.1) is 0 Å². The number of ether oxygens (including phenoxy) is 2. The van der Waals surface area contributed by atoms with Crippen molar-refractivity contribution in [1.82, 2.24) is 0 Å². The van der Waals surface area contributed by atoms with E-state index in [0.29, 0.717) is 6.54 Å². The van der Waals surface area contributed by atoms with E-state index in [9.17, 15) is 0 Å². The molecule has 0 heterocycles. The zero-order valence-corrected chi connectivity index (χ0v) is 18.1. The van der Waals surface area contributed by atoms with Crippen LogP contribution in [0.2, 0.25) is 0 Å². The second kappa shape index (κ2) is 7.63. The van der Waals surface area contributed by atoms with Crippen LogP contribution in [0.4, 0.5) is 0 Å². The molecule has 0 spiro atoms. The Kier molecular flexibility index (Phi) is 5.58. The number of rotatable bonds is 5. The van der Waals surface area contributed by atoms with Crippen LogP contribution < -0.4 is 15.2 Å². The van der Waals surface area contributed by atoms with E-state index < -0.39 is 0 Å². The topological polar surface area (TPSA) is 44.5 Å². The summed E-state index contributed by atoms with van der Waals surface area (Å²) in [5.74, 6) is 1.79. The molecular weight excluding hydrogens is 346 g/mol. The Morgan fingerprint density at radius 2 is 1.57 bits per heavy atom. The summed E-state index contributed by atoms with van der Waals surface area (Å²) in [4.78, 5) is 0. The number of nitrogens with two attached hydrogens (primary N) is 1. The van der Waals surface area contributed by atoms with Crippen LogP contribution in [0.25, 0.3) is 12.2 Å². The summed E-state index contributed by atoms with van der Waals surface area (Å²) in [6.45, 7) is 9.81. The number of hydrogen-bond donors (Lipinski definition) is 1. The van der Waals surface area contributed by atoms with E-state index in [4.69, 9.17) is 15.2 Å². The molecule has 0 unspecified atom stereocenters. The lowest BCUT2D eigenvalue weighted by atomic mass is 9.62. The Bertz CT molecular complexity index is 876. The van der Waals surface area contributed by atoms with E-state index in [-0.39, 0.29) is 10.8 Å². The van der Waals surface area contributed by atoms with Gasteiger partial charge in [0.2, 0.25) is 0 Å². The van der Waals surface area contributed by atoms with Crippen LogP contribution in [-0.2, 0) is 17.4 Å². The van der Waals surface area contributed by atoms with E-state index in [1.54, 1.807) is 14.2 Å². The van der Waals surface area contributed by atoms with Crippen molar-refractivity contribution in [3.05, 3.63) is 58.1 Å². The molecule has 0 radical (unpaired) electrons. The third kappa shape index (κ3) is 3.68. The predicted octanol–water partition coefficient (Wildman–Crippen LogP) is 5.68. The molecule has 0 amide bonds. The lowest BCUT2D eigenvalue weighted by Gasteiger charge is -2.43. The van der Waals surface area contributed by atoms with Crippen LogP contribution in [-0.4, -0.2) is 14.2 Å². The first-order valence-corrected chi connectivity index (χ1v) is 10.0. The van der Waals surface area contributed by atoms with Gasteiger partial charge in [0.15, 0.2) is 0 Å². The van der Waals surface area contributed by atoms with Crippen molar-refractivity contribution < 1.29 is 9.47 Å². The lowest BCUT2D eigenvalue weighted by Crippen LogP contribution is -2.34. The fourth-order valence-electron chi connectivity index (χ4n) is 4.22. The molecule has 0 aliphatic heterocycles. The molecule has 0 saturated carbocycles. The van der Waals surface area contributed by atoms with Crippen molar-refractivity contribution in [3.8, 4) is 11.5 Å². The van der Waals surface area contributed by atoms with Crippen LogP contribution in [0.1, 0.15) is 68.4 Å². The van der Waals surface area contributed by atoms with Crippen molar-refractivity contribution >= 4 is 12.2 Å². The molecule has 28 heavy (non-hydrogen) atoms. The lowest BCUT2D eigenvalue weighted by molar-refractivity contribution is 0.307. The van der Waals surface area contributed by atoms with Gasteiger partial charge in [-0.3, -0.25) is 0 Å². The molecule has 3 heteroatoms. The van der Waals surface area contributed by atoms with E-state index in [2.05, 4.69) is 70.2 Å². The minimum atomic E-state index is 0.0633. The number of methoxy groups -OCH3 is 2. The summed E-state index contributed by atoms with van der Waals surface area (Å²) < 4.78 is 11.8. The first-order chi connectivity index (χ1) is 13.2. The summed E-state index contributed by atoms with van der Waals surface area (Å²) in [6.07, 6.45) is 6.50. The molecule has 1 aliphatic rings. The molecule has 3 rings (SSSR count). The third-order valence-electron chi connectivity index (χ3n) is 6.14. The average molecular weight is 380 g/mol. The Labute approximate surface area is 169 Å². The molecule has 2 N–H and O–H groups in total. The highest BCUT2D eigenvalue weighted by Gasteiger charge is 2.40. The highest BCUT2D eigenvalue weighted by atomic mass is 16.5. The molecule has 0 atom stereocenters. The first kappa shape index (κ1) is 20.5. The van der Waals surface area contributed by atoms with Gasteiger partial charge in [-0.25, -0.2) is 0 Å². The van der Waals surface area contributed by atoms with Gasteiger partial charge in [0.05, 0.1) is 19.8 Å². The van der Waals surface area contributed by atoms with Crippen LogP contribution in [0.15, 0.2) is 30.3 Å². The normalized spacial score (nSPS) is 17.4. The van der Waals surface area contributed by atoms with Crippen LogP contribution in [0.3, 0.4) is 0 Å². The molecular formula is C25H33NO2. The quantitative estimate of drug-likeness (QED) is 0.680. The standard InChI is InChI=1S/C25H33NO2/c1-24(2)13-14-25(3,4)22-20(24)15-21(27-5)19(23(22)28-6)12-11-17-7-9-18(16-26)10-8-17/h7-12,15H,13-14,16,26H2,1-6H3/b12-11+. The fraction of sp³-hybridized carbons (Fsp3) is 0.440. The molecule has 3 nitrogen and oxygen atoms in total. The van der Waals surface area contributed by atoms with Crippen molar-refractivity contribution in [2.75, 3.05) is 14.2 Å². The number of hydrogen-bond acceptors (Lipinski definition) is 3. The minimum Gasteiger partial charge on any atom is -0.496 e. The summed E-state index contributed by atoms with van der Waals surface area (Å²) in [6, 6.07) is 10.5. The maximum absolute atomic E-state index is 5.99. The Morgan fingerprint density at radius 1 is 0.929 bits per heavy atom. The molecule has 0 aromatic heterocycles. The van der Waals surface area contributed by atoms with Crippen LogP contribution in [0.5, 0.6) is 11.5 Å². The fourth-order valence-corrected chi connectivity index (χ4v) is 4.22. The largest absolute Gasteiger partial charge is 0.496 e. The van der Waals surface area contributed by atoms with E-state index >= 15 is 0 Å². The van der Waals surface area contributed by atoms with E-state index in [1.807, 2.05) is 0 Å². The van der Waals surface area contributed by atoms with Gasteiger partial charge in [0, 0.05) is 12.1 Å². The number of fused-ring (bicyclic) bond motifs is 1. The summed E-state index contributed by atoms with van der Waals surface area (Å²) in [7, 11) is 3.50. The summed E-state index contributed by atoms with van der Waals surface area (Å²) in [5.41, 5.74) is 11.8. The van der Waals surface area contributed by atoms with Gasteiger partial charge in [-0.05, 0) is 52.5 Å². The van der Waals surface area contributed by atoms with Gasteiger partial charge >= 0.3 is 0 Å². The van der Waals surface area contributed by atoms with Gasteiger partial charge in [0.1, 0.15) is 11.5 Å². The van der Waals surface area contributed by atoms with Crippen LogP contribution >= 0.6 is 0 Å². The average Bonchev–Trinajstić information content (AvgIpc) is 2.69. The Hall–Kier alpha value is -2.26. The second-order valence-corrected chi connectivity index (χ2v) is 9.00. The summed E-state index contributed by atoms with van der Waals surface area (Å²) >= 11 is 0. The molecule has 1 aliphatic carbocycles. The van der Waals surface area contributed by atoms with Crippen molar-refractivity contribution in [1.29, 1.82) is 0 Å². The third-order valence-corrected chi connectivity index (χ3v) is 6.14. The van der Waals surface area contributed by atoms with Gasteiger partial charge in [-0.1, -0.05) is 58.0 Å². The Balaban J connectivity index is 2.16. The van der Waals surface area contributed by atoms with Gasteiger partial charge < -0.3 is 15.2 Å². The van der Waals surface area contributed by atoms with Crippen molar-refractivity contribution in [2.24, 2.45) is 5.73 Å². The van der Waals surface area contributed by atoms with E-state index in [0.717, 1.165) is 41.0 Å². The SMILES string of the molecule is COc1cc2c(c(OC)c1/C=C/c1ccc(CN)cc1)C(C)(C)CCC2(C)C. The smallest absolute Gasteiger partial charge is 0.133 e. The van der Waals surface area contributed by atoms with Gasteiger partial charge in [0.25, 0.3) is 0 Å². The molecule has 0 fully saturated rings. The maximum atomic E-state index is 5.99. The zero-order valence-electron chi connectivity index (χ0n) is 18.1. The predicted molar refractivity (Wildman–Crippen MR) is 118 cm³/mol. The van der Waals surface area contributed by atoms with Crippen molar-refractivity contribution in [3.63, 3.8) is 0 Å². The first-order valence-electron chi connectivity index (χ1n) is 10.0. The monoisotopic (exact) mass is 379 g/mol. The second-order valence-electron chi connectivity index (χ2n) is 9.00. The van der Waals surface area contributed by atoms with Crippen molar-refractivity contribution in [2.45, 2.75) is 57.9 Å². The van der Waals surface area contributed by atoms with Crippen LogP contribution in [0, 0.1) is 0 Å². The zero-order chi connectivity index (χ0) is 20.5. The molecule has 0 bridgehead atoms. The Morgan fingerprint density at radius 3 is 2.14 bits per heavy atom. The number of benzene rings is 2. The maximum Gasteiger partial charge on any atom is 0.133 e. The highest BCUT2D eigenvalue weighted by Crippen LogP contribution is 2.52. The summed E-state index contributed by atoms with van der Waals surface area (Å²) in [5, 5.41) is 0. The van der Waals surface area contributed by atoms with Gasteiger partial charge in [-0.2, -0.15) is 0 Å². The molecule has 2 aromatic rings. The minimum absolute atomic E-state index is 0.0633. The molecule has 150 valence electrons.